The summed E-state index contributed by atoms with van der Waals surface area (Å²) in [6.07, 6.45) is 5.13. The molecule has 166 valence electrons. The summed E-state index contributed by atoms with van der Waals surface area (Å²) in [6.45, 7) is 5.68. The highest BCUT2D eigenvalue weighted by Crippen LogP contribution is 2.27. The van der Waals surface area contributed by atoms with Gasteiger partial charge in [0.1, 0.15) is 5.82 Å². The van der Waals surface area contributed by atoms with Gasteiger partial charge < -0.3 is 19.4 Å². The second-order valence-electron chi connectivity index (χ2n) is 7.43. The number of rotatable bonds is 4. The average molecular weight is 455 g/mol. The fourth-order valence-electron chi connectivity index (χ4n) is 3.73. The van der Waals surface area contributed by atoms with Gasteiger partial charge in [0.25, 0.3) is 11.1 Å². The minimum absolute atomic E-state index is 0.332. The van der Waals surface area contributed by atoms with Gasteiger partial charge >= 0.3 is 0 Å². The van der Waals surface area contributed by atoms with Crippen LogP contribution in [0, 0.1) is 0 Å². The first-order valence-corrected chi connectivity index (χ1v) is 11.2. The summed E-state index contributed by atoms with van der Waals surface area (Å²) in [5.74, 6) is 1.71. The topological polar surface area (TPSA) is 117 Å². The molecule has 3 aliphatic rings. The summed E-state index contributed by atoms with van der Waals surface area (Å²) >= 11 is 0.883. The number of nitrogens with one attached hydrogen (secondary N) is 1. The molecule has 0 saturated carbocycles. The van der Waals surface area contributed by atoms with Crippen molar-refractivity contribution in [3.8, 4) is 0 Å². The van der Waals surface area contributed by atoms with E-state index in [-0.39, 0.29) is 5.24 Å². The van der Waals surface area contributed by atoms with Crippen LogP contribution in [0.1, 0.15) is 5.69 Å². The van der Waals surface area contributed by atoms with Gasteiger partial charge in [-0.05, 0) is 23.9 Å². The number of thioether (sulfide) groups is 1. The van der Waals surface area contributed by atoms with Crippen LogP contribution >= 0.6 is 11.8 Å². The Bertz CT molecular complexity index is 1040. The number of ether oxygens (including phenoxy) is 1. The molecule has 11 nitrogen and oxygen atoms in total. The van der Waals surface area contributed by atoms with Crippen LogP contribution in [-0.4, -0.2) is 83.6 Å². The van der Waals surface area contributed by atoms with Crippen LogP contribution in [0.4, 0.5) is 22.5 Å². The number of hydrogen-bond acceptors (Lipinski definition) is 11. The smallest absolute Gasteiger partial charge is 0.290 e. The highest BCUT2D eigenvalue weighted by molar-refractivity contribution is 8.18. The van der Waals surface area contributed by atoms with E-state index in [2.05, 4.69) is 30.0 Å². The second kappa shape index (κ2) is 9.09. The Labute approximate surface area is 188 Å². The molecule has 3 fully saturated rings. The van der Waals surface area contributed by atoms with E-state index in [1.54, 1.807) is 24.5 Å². The predicted molar refractivity (Wildman–Crippen MR) is 121 cm³/mol. The third kappa shape index (κ3) is 4.50. The molecule has 5 heterocycles. The van der Waals surface area contributed by atoms with Gasteiger partial charge in [0.15, 0.2) is 0 Å². The fourth-order valence-corrected chi connectivity index (χ4v) is 4.39. The maximum atomic E-state index is 12.0. The lowest BCUT2D eigenvalue weighted by Gasteiger charge is -2.35. The summed E-state index contributed by atoms with van der Waals surface area (Å²) < 4.78 is 5.47. The Kier molecular flexibility index (Phi) is 5.86. The van der Waals surface area contributed by atoms with Crippen LogP contribution in [0.2, 0.25) is 0 Å². The van der Waals surface area contributed by atoms with E-state index in [9.17, 15) is 9.59 Å². The van der Waals surface area contributed by atoms with Crippen molar-refractivity contribution >= 4 is 46.7 Å². The number of piperazine rings is 1. The first kappa shape index (κ1) is 20.6. The summed E-state index contributed by atoms with van der Waals surface area (Å²) in [6, 6.07) is 3.66. The highest BCUT2D eigenvalue weighted by Gasteiger charge is 2.27. The Morgan fingerprint density at radius 1 is 0.906 bits per heavy atom. The summed E-state index contributed by atoms with van der Waals surface area (Å²) in [7, 11) is 0. The molecule has 0 aromatic carbocycles. The van der Waals surface area contributed by atoms with E-state index in [4.69, 9.17) is 14.7 Å². The number of amides is 2. The predicted octanol–water partition coefficient (Wildman–Crippen LogP) is 0.754. The zero-order valence-corrected chi connectivity index (χ0v) is 18.1. The van der Waals surface area contributed by atoms with Gasteiger partial charge in [-0.3, -0.25) is 14.9 Å². The molecule has 0 aliphatic carbocycles. The molecule has 2 aromatic rings. The van der Waals surface area contributed by atoms with Crippen LogP contribution in [0.25, 0.3) is 6.08 Å². The Hall–Kier alpha value is -3.25. The van der Waals surface area contributed by atoms with Gasteiger partial charge in [-0.15, -0.1) is 0 Å². The van der Waals surface area contributed by atoms with Crippen molar-refractivity contribution in [1.82, 2.24) is 25.3 Å². The van der Waals surface area contributed by atoms with Crippen molar-refractivity contribution in [1.29, 1.82) is 0 Å². The summed E-state index contributed by atoms with van der Waals surface area (Å²) in [5.41, 5.74) is 0.595. The largest absolute Gasteiger partial charge is 0.378 e. The zero-order chi connectivity index (χ0) is 21.9. The first-order valence-electron chi connectivity index (χ1n) is 10.4. The molecule has 0 atom stereocenters. The summed E-state index contributed by atoms with van der Waals surface area (Å²) in [4.78, 5) is 48.5. The molecule has 32 heavy (non-hydrogen) atoms. The third-order valence-corrected chi connectivity index (χ3v) is 6.18. The SMILES string of the molecule is O=C1NC(=O)/C(=C\c2cc(N3CCOCC3)nc(N3CCN(c4ncccn4)CC3)n2)S1. The van der Waals surface area contributed by atoms with Crippen LogP contribution in [0.15, 0.2) is 29.4 Å². The van der Waals surface area contributed by atoms with Gasteiger partial charge in [0.05, 0.1) is 23.8 Å². The fraction of sp³-hybridized carbons (Fsp3) is 0.400. The molecule has 3 aliphatic heterocycles. The van der Waals surface area contributed by atoms with Gasteiger partial charge in [-0.2, -0.15) is 4.98 Å². The van der Waals surface area contributed by atoms with E-state index < -0.39 is 5.91 Å². The first-order chi connectivity index (χ1) is 15.7. The molecule has 0 spiro atoms. The molecule has 1 N–H and O–H groups in total. The Morgan fingerprint density at radius 3 is 2.25 bits per heavy atom. The van der Waals surface area contributed by atoms with Crippen molar-refractivity contribution in [3.63, 3.8) is 0 Å². The lowest BCUT2D eigenvalue weighted by Crippen LogP contribution is -2.48. The van der Waals surface area contributed by atoms with Crippen LogP contribution in [-0.2, 0) is 9.53 Å². The average Bonchev–Trinajstić information content (AvgIpc) is 3.16. The van der Waals surface area contributed by atoms with Crippen LogP contribution in [0.5, 0.6) is 0 Å². The Balaban J connectivity index is 1.40. The number of nitrogens with zero attached hydrogens (tertiary/aromatic N) is 7. The molecule has 2 amide bonds. The maximum absolute atomic E-state index is 12.0. The molecule has 0 bridgehead atoms. The van der Waals surface area contributed by atoms with Crippen molar-refractivity contribution in [2.45, 2.75) is 0 Å². The number of hydrogen-bond donors (Lipinski definition) is 1. The molecule has 5 rings (SSSR count). The minimum Gasteiger partial charge on any atom is -0.378 e. The molecule has 2 aromatic heterocycles. The standard InChI is InChI=1S/C20H22N8O3S/c29-17-15(32-20(30)25-17)12-14-13-16(26-8-10-31-11-9-26)24-19(23-14)28-6-4-27(5-7-28)18-21-2-1-3-22-18/h1-3,12-13H,4-11H2,(H,25,29,30)/b15-12+. The van der Waals surface area contributed by atoms with E-state index in [1.807, 2.05) is 6.07 Å². The number of aromatic nitrogens is 4. The molecular formula is C20H22N8O3S. The molecule has 0 unspecified atom stereocenters. The lowest BCUT2D eigenvalue weighted by molar-refractivity contribution is -0.115. The highest BCUT2D eigenvalue weighted by atomic mass is 32.2. The van der Waals surface area contributed by atoms with Gasteiger partial charge in [-0.25, -0.2) is 15.0 Å². The summed E-state index contributed by atoms with van der Waals surface area (Å²) in [5, 5.41) is 1.91. The lowest BCUT2D eigenvalue weighted by atomic mass is 10.3. The molecular weight excluding hydrogens is 432 g/mol. The number of morpholine rings is 1. The van der Waals surface area contributed by atoms with Crippen molar-refractivity contribution in [3.05, 3.63) is 35.1 Å². The third-order valence-electron chi connectivity index (χ3n) is 5.37. The van der Waals surface area contributed by atoms with Crippen LogP contribution < -0.4 is 20.0 Å². The van der Waals surface area contributed by atoms with Crippen molar-refractivity contribution in [2.24, 2.45) is 0 Å². The number of imide groups is 1. The second-order valence-corrected chi connectivity index (χ2v) is 8.44. The van der Waals surface area contributed by atoms with Crippen molar-refractivity contribution < 1.29 is 14.3 Å². The number of carbonyl (C=O) groups is 2. The monoisotopic (exact) mass is 454 g/mol. The molecule has 0 radical (unpaired) electrons. The van der Waals surface area contributed by atoms with E-state index in [0.29, 0.717) is 42.9 Å². The molecule has 12 heteroatoms. The van der Waals surface area contributed by atoms with Gasteiger partial charge in [0, 0.05) is 57.7 Å². The van der Waals surface area contributed by atoms with E-state index >= 15 is 0 Å². The quantitative estimate of drug-likeness (QED) is 0.660. The molecule has 3 saturated heterocycles. The Morgan fingerprint density at radius 2 is 1.59 bits per heavy atom. The zero-order valence-electron chi connectivity index (χ0n) is 17.3. The maximum Gasteiger partial charge on any atom is 0.290 e. The van der Waals surface area contributed by atoms with Gasteiger partial charge in [0.2, 0.25) is 11.9 Å². The minimum atomic E-state index is -0.399. The van der Waals surface area contributed by atoms with Crippen molar-refractivity contribution in [2.75, 3.05) is 67.2 Å². The van der Waals surface area contributed by atoms with Gasteiger partial charge in [-0.1, -0.05) is 0 Å². The van der Waals surface area contributed by atoms with E-state index in [1.165, 1.54) is 0 Å². The number of anilines is 3. The van der Waals surface area contributed by atoms with E-state index in [0.717, 1.165) is 49.7 Å². The normalized spacial score (nSPS) is 20.8. The van der Waals surface area contributed by atoms with Crippen LogP contribution in [0.3, 0.4) is 0 Å². The number of carbonyl (C=O) groups excluding carboxylic acids is 2.